The fourth-order valence-electron chi connectivity index (χ4n) is 1.48. The van der Waals surface area contributed by atoms with Crippen molar-refractivity contribution in [3.05, 3.63) is 63.9 Å². The van der Waals surface area contributed by atoms with Crippen molar-refractivity contribution in [1.82, 2.24) is 10.3 Å². The zero-order chi connectivity index (χ0) is 13.0. The quantitative estimate of drug-likeness (QED) is 0.877. The summed E-state index contributed by atoms with van der Waals surface area (Å²) in [5.74, 6) is -0.256. The van der Waals surface area contributed by atoms with E-state index in [4.69, 9.17) is 23.2 Å². The van der Waals surface area contributed by atoms with Crippen molar-refractivity contribution in [2.75, 3.05) is 0 Å². The second kappa shape index (κ2) is 5.85. The normalized spacial score (nSPS) is 10.1. The number of carbonyl (C=O) groups excluding carboxylic acids is 1. The summed E-state index contributed by atoms with van der Waals surface area (Å²) in [6, 6.07) is 10.6. The number of aromatic nitrogens is 1. The van der Waals surface area contributed by atoms with Gasteiger partial charge in [0, 0.05) is 17.8 Å². The van der Waals surface area contributed by atoms with Crippen molar-refractivity contribution in [1.29, 1.82) is 0 Å². The molecule has 0 radical (unpaired) electrons. The molecule has 2 aromatic rings. The number of nitrogens with one attached hydrogen (secondary N) is 1. The maximum Gasteiger partial charge on any atom is 0.254 e. The number of halogens is 2. The van der Waals surface area contributed by atoms with E-state index in [0.29, 0.717) is 17.1 Å². The van der Waals surface area contributed by atoms with E-state index in [9.17, 15) is 4.79 Å². The minimum Gasteiger partial charge on any atom is -0.348 e. The summed E-state index contributed by atoms with van der Waals surface area (Å²) < 4.78 is 0. The molecular weight excluding hydrogens is 271 g/mol. The predicted octanol–water partition coefficient (Wildman–Crippen LogP) is 3.32. The van der Waals surface area contributed by atoms with E-state index in [2.05, 4.69) is 10.3 Å². The lowest BCUT2D eigenvalue weighted by Crippen LogP contribution is -2.23. The molecule has 0 saturated carbocycles. The Morgan fingerprint density at radius 1 is 1.22 bits per heavy atom. The van der Waals surface area contributed by atoms with Gasteiger partial charge in [-0.25, -0.2) is 4.98 Å². The first kappa shape index (κ1) is 12.9. The third-order valence-electron chi connectivity index (χ3n) is 2.35. The molecule has 18 heavy (non-hydrogen) atoms. The Bertz CT molecular complexity index is 572. The van der Waals surface area contributed by atoms with Crippen LogP contribution in [0.15, 0.2) is 42.6 Å². The largest absolute Gasteiger partial charge is 0.348 e. The Hall–Kier alpha value is -1.58. The molecule has 0 fully saturated rings. The highest BCUT2D eigenvalue weighted by Gasteiger charge is 2.09. The Kier molecular flexibility index (Phi) is 4.18. The van der Waals surface area contributed by atoms with Gasteiger partial charge in [0.05, 0.1) is 5.56 Å². The monoisotopic (exact) mass is 280 g/mol. The predicted molar refractivity (Wildman–Crippen MR) is 71.9 cm³/mol. The minimum atomic E-state index is -0.256. The lowest BCUT2D eigenvalue weighted by atomic mass is 10.2. The summed E-state index contributed by atoms with van der Waals surface area (Å²) in [6.07, 6.45) is 1.54. The molecule has 0 atom stereocenters. The number of amides is 1. The molecule has 1 heterocycles. The molecule has 0 aliphatic carbocycles. The van der Waals surface area contributed by atoms with Gasteiger partial charge in [-0.05, 0) is 29.8 Å². The highest BCUT2D eigenvalue weighted by molar-refractivity contribution is 6.32. The molecule has 0 bridgehead atoms. The summed E-state index contributed by atoms with van der Waals surface area (Å²) in [5, 5.41) is 3.60. The third kappa shape index (κ3) is 3.22. The van der Waals surface area contributed by atoms with Crippen LogP contribution in [-0.2, 0) is 6.54 Å². The second-order valence-electron chi connectivity index (χ2n) is 3.65. The maximum absolute atomic E-state index is 11.9. The van der Waals surface area contributed by atoms with Crippen LogP contribution in [0.25, 0.3) is 0 Å². The van der Waals surface area contributed by atoms with E-state index in [1.165, 1.54) is 6.20 Å². The number of carbonyl (C=O) groups is 1. The molecular formula is C13H10Cl2N2O. The molecule has 92 valence electrons. The highest BCUT2D eigenvalue weighted by Crippen LogP contribution is 2.13. The summed E-state index contributed by atoms with van der Waals surface area (Å²) in [4.78, 5) is 15.7. The minimum absolute atomic E-state index is 0.195. The van der Waals surface area contributed by atoms with Crippen molar-refractivity contribution >= 4 is 29.1 Å². The van der Waals surface area contributed by atoms with Crippen LogP contribution >= 0.6 is 23.2 Å². The van der Waals surface area contributed by atoms with Crippen molar-refractivity contribution in [3.63, 3.8) is 0 Å². The zero-order valence-electron chi connectivity index (χ0n) is 9.36. The van der Waals surface area contributed by atoms with Gasteiger partial charge in [-0.1, -0.05) is 35.3 Å². The molecule has 0 spiro atoms. The van der Waals surface area contributed by atoms with Crippen molar-refractivity contribution < 1.29 is 4.79 Å². The van der Waals surface area contributed by atoms with Crippen LogP contribution < -0.4 is 5.32 Å². The van der Waals surface area contributed by atoms with Gasteiger partial charge in [0.15, 0.2) is 0 Å². The van der Waals surface area contributed by atoms with E-state index in [0.717, 1.165) is 5.56 Å². The van der Waals surface area contributed by atoms with Crippen LogP contribution in [0.5, 0.6) is 0 Å². The summed E-state index contributed by atoms with van der Waals surface area (Å²) in [5.41, 5.74) is 1.29. The van der Waals surface area contributed by atoms with Gasteiger partial charge in [0.2, 0.25) is 0 Å². The summed E-state index contributed by atoms with van der Waals surface area (Å²) >= 11 is 11.7. The molecule has 2 rings (SSSR count). The third-order valence-corrected chi connectivity index (χ3v) is 2.88. The molecule has 5 heteroatoms. The van der Waals surface area contributed by atoms with Gasteiger partial charge in [-0.3, -0.25) is 4.79 Å². The van der Waals surface area contributed by atoms with Crippen molar-refractivity contribution in [2.45, 2.75) is 6.54 Å². The van der Waals surface area contributed by atoms with Crippen LogP contribution in [0.4, 0.5) is 0 Å². The number of hydrogen-bond donors (Lipinski definition) is 1. The number of hydrogen-bond acceptors (Lipinski definition) is 2. The van der Waals surface area contributed by atoms with E-state index in [1.54, 1.807) is 24.3 Å². The van der Waals surface area contributed by atoms with E-state index >= 15 is 0 Å². The van der Waals surface area contributed by atoms with Crippen LogP contribution in [0.3, 0.4) is 0 Å². The van der Waals surface area contributed by atoms with Gasteiger partial charge in [-0.2, -0.15) is 0 Å². The topological polar surface area (TPSA) is 42.0 Å². The molecule has 1 amide bonds. The fraction of sp³-hybridized carbons (Fsp3) is 0.0769. The van der Waals surface area contributed by atoms with Crippen molar-refractivity contribution in [2.24, 2.45) is 0 Å². The van der Waals surface area contributed by atoms with Gasteiger partial charge in [0.25, 0.3) is 5.91 Å². The lowest BCUT2D eigenvalue weighted by molar-refractivity contribution is 0.0950. The van der Waals surface area contributed by atoms with Crippen LogP contribution in [0.2, 0.25) is 10.2 Å². The van der Waals surface area contributed by atoms with Crippen LogP contribution in [0, 0.1) is 0 Å². The first-order valence-corrected chi connectivity index (χ1v) is 6.05. The fourth-order valence-corrected chi connectivity index (χ4v) is 1.90. The van der Waals surface area contributed by atoms with Gasteiger partial charge < -0.3 is 5.32 Å². The zero-order valence-corrected chi connectivity index (χ0v) is 10.9. The first-order valence-electron chi connectivity index (χ1n) is 5.30. The average molecular weight is 281 g/mol. The van der Waals surface area contributed by atoms with Gasteiger partial charge in [0.1, 0.15) is 5.15 Å². The molecule has 0 unspecified atom stereocenters. The first-order chi connectivity index (χ1) is 8.66. The standard InChI is InChI=1S/C13H10Cl2N2O/c14-10-4-1-3-9(7-10)8-17-13(18)11-5-2-6-16-12(11)15/h1-7H,8H2,(H,17,18). The number of rotatable bonds is 3. The molecule has 1 aromatic carbocycles. The Morgan fingerprint density at radius 3 is 2.78 bits per heavy atom. The molecule has 0 aliphatic heterocycles. The Morgan fingerprint density at radius 2 is 2.06 bits per heavy atom. The highest BCUT2D eigenvalue weighted by atomic mass is 35.5. The molecule has 0 aliphatic rings. The maximum atomic E-state index is 11.9. The van der Waals surface area contributed by atoms with Crippen LogP contribution in [-0.4, -0.2) is 10.9 Å². The molecule has 1 N–H and O–H groups in total. The van der Waals surface area contributed by atoms with E-state index in [1.807, 2.05) is 12.1 Å². The smallest absolute Gasteiger partial charge is 0.254 e. The number of nitrogens with zero attached hydrogens (tertiary/aromatic N) is 1. The van der Waals surface area contributed by atoms with Crippen molar-refractivity contribution in [3.8, 4) is 0 Å². The lowest BCUT2D eigenvalue weighted by Gasteiger charge is -2.06. The van der Waals surface area contributed by atoms with E-state index in [-0.39, 0.29) is 11.1 Å². The SMILES string of the molecule is O=C(NCc1cccc(Cl)c1)c1cccnc1Cl. The van der Waals surface area contributed by atoms with Gasteiger partial charge in [-0.15, -0.1) is 0 Å². The summed E-state index contributed by atoms with van der Waals surface area (Å²) in [7, 11) is 0. The number of benzene rings is 1. The van der Waals surface area contributed by atoms with E-state index < -0.39 is 0 Å². The summed E-state index contributed by atoms with van der Waals surface area (Å²) in [6.45, 7) is 0.393. The molecule has 3 nitrogen and oxygen atoms in total. The number of pyridine rings is 1. The molecule has 1 aromatic heterocycles. The second-order valence-corrected chi connectivity index (χ2v) is 4.45. The van der Waals surface area contributed by atoms with Crippen LogP contribution in [0.1, 0.15) is 15.9 Å². The average Bonchev–Trinajstić information content (AvgIpc) is 2.37. The van der Waals surface area contributed by atoms with Gasteiger partial charge >= 0.3 is 0 Å². The Balaban J connectivity index is 2.03. The Labute approximate surface area is 115 Å². The molecule has 0 saturated heterocycles.